The molecule has 1 saturated carbocycles. The molecule has 25 heavy (non-hydrogen) atoms. The van der Waals surface area contributed by atoms with Gasteiger partial charge in [-0.25, -0.2) is 5.43 Å². The average molecular weight is 338 g/mol. The molecule has 0 radical (unpaired) electrons. The number of Topliss-reactive ketones (excluding diaryl/α,β-unsaturated/α-hetero) is 1. The lowest BCUT2D eigenvalue weighted by atomic mass is 9.76. The van der Waals surface area contributed by atoms with Crippen LogP contribution >= 0.6 is 0 Å². The Bertz CT molecular complexity index is 834. The molecule has 0 atom stereocenters. The summed E-state index contributed by atoms with van der Waals surface area (Å²) in [5.41, 5.74) is 3.12. The molecule has 1 fully saturated rings. The van der Waals surface area contributed by atoms with E-state index in [1.54, 1.807) is 0 Å². The molecule has 0 aliphatic heterocycles. The fourth-order valence-electron chi connectivity index (χ4n) is 3.22. The molecule has 0 aromatic heterocycles. The first-order valence-corrected chi connectivity index (χ1v) is 8.39. The van der Waals surface area contributed by atoms with Crippen LogP contribution in [0.2, 0.25) is 0 Å². The predicted octanol–water partition coefficient (Wildman–Crippen LogP) is 3.47. The van der Waals surface area contributed by atoms with Gasteiger partial charge in [-0.15, -0.1) is 0 Å². The predicted molar refractivity (Wildman–Crippen MR) is 97.7 cm³/mol. The number of hydrazone groups is 1. The number of fused-ring (bicyclic) bond motifs is 1. The summed E-state index contributed by atoms with van der Waals surface area (Å²) in [4.78, 5) is 23.8. The molecule has 5 nitrogen and oxygen atoms in total. The molecule has 1 N–H and O–H groups in total. The van der Waals surface area contributed by atoms with E-state index in [9.17, 15) is 9.59 Å². The number of amides is 1. The van der Waals surface area contributed by atoms with Gasteiger partial charge in [0.05, 0.1) is 0 Å². The van der Waals surface area contributed by atoms with Crippen molar-refractivity contribution in [2.75, 3.05) is 6.61 Å². The maximum Gasteiger partial charge on any atom is 0.277 e. The van der Waals surface area contributed by atoms with Crippen molar-refractivity contribution in [3.8, 4) is 5.75 Å². The second kappa shape index (κ2) is 7.05. The van der Waals surface area contributed by atoms with Gasteiger partial charge in [-0.2, -0.15) is 5.10 Å². The number of nitrogens with zero attached hydrogens (tertiary/aromatic N) is 1. The Balaban J connectivity index is 1.59. The van der Waals surface area contributed by atoms with Gasteiger partial charge in [0.2, 0.25) is 0 Å². The van der Waals surface area contributed by atoms with Crippen LogP contribution in [0.5, 0.6) is 5.75 Å². The third-order valence-electron chi connectivity index (χ3n) is 4.21. The smallest absolute Gasteiger partial charge is 0.277 e. The van der Waals surface area contributed by atoms with Crippen molar-refractivity contribution in [2.45, 2.75) is 33.1 Å². The Kier molecular flexibility index (Phi) is 4.83. The van der Waals surface area contributed by atoms with Crippen molar-refractivity contribution < 1.29 is 14.3 Å². The van der Waals surface area contributed by atoms with E-state index in [1.807, 2.05) is 56.3 Å². The van der Waals surface area contributed by atoms with Crippen molar-refractivity contribution in [1.82, 2.24) is 5.43 Å². The molecule has 1 aliphatic rings. The van der Waals surface area contributed by atoms with Crippen LogP contribution in [0.15, 0.2) is 47.6 Å². The van der Waals surface area contributed by atoms with Gasteiger partial charge in [0.25, 0.3) is 5.91 Å². The fraction of sp³-hybridized carbons (Fsp3) is 0.350. The molecule has 3 rings (SSSR count). The zero-order valence-electron chi connectivity index (χ0n) is 14.5. The van der Waals surface area contributed by atoms with Crippen LogP contribution in [0.1, 0.15) is 33.1 Å². The number of ketones is 1. The lowest BCUT2D eigenvalue weighted by Crippen LogP contribution is -2.32. The zero-order valence-corrected chi connectivity index (χ0v) is 14.5. The molecule has 130 valence electrons. The van der Waals surface area contributed by atoms with Crippen molar-refractivity contribution in [1.29, 1.82) is 0 Å². The van der Waals surface area contributed by atoms with Crippen molar-refractivity contribution >= 4 is 28.2 Å². The molecular formula is C20H22N2O3. The molecule has 1 amide bonds. The lowest BCUT2D eigenvalue weighted by molar-refractivity contribution is -0.123. The van der Waals surface area contributed by atoms with Gasteiger partial charge in [-0.05, 0) is 23.3 Å². The summed E-state index contributed by atoms with van der Waals surface area (Å²) < 4.78 is 5.63. The third kappa shape index (κ3) is 4.44. The maximum atomic E-state index is 12.0. The SMILES string of the molecule is CC1(C)CC(=O)C/C(=N/NC(=O)COc2cccc3ccccc23)C1. The van der Waals surface area contributed by atoms with E-state index in [-0.39, 0.29) is 23.7 Å². The molecule has 5 heteroatoms. The van der Waals surface area contributed by atoms with Gasteiger partial charge >= 0.3 is 0 Å². The number of hydrogen-bond donors (Lipinski definition) is 1. The molecule has 2 aromatic carbocycles. The minimum absolute atomic E-state index is 0.0989. The number of carbonyl (C=O) groups is 2. The molecule has 0 saturated heterocycles. The summed E-state index contributed by atoms with van der Waals surface area (Å²) in [6, 6.07) is 13.6. The van der Waals surface area contributed by atoms with Gasteiger partial charge < -0.3 is 4.74 Å². The molecule has 2 aromatic rings. The van der Waals surface area contributed by atoms with Crippen LogP contribution < -0.4 is 10.2 Å². The molecular weight excluding hydrogens is 316 g/mol. The van der Waals surface area contributed by atoms with Gasteiger partial charge in [0.15, 0.2) is 6.61 Å². The molecule has 0 spiro atoms. The van der Waals surface area contributed by atoms with Crippen molar-refractivity contribution in [3.05, 3.63) is 42.5 Å². The largest absolute Gasteiger partial charge is 0.483 e. The Hall–Kier alpha value is -2.69. The van der Waals surface area contributed by atoms with E-state index in [0.717, 1.165) is 16.5 Å². The first kappa shape index (κ1) is 17.1. The number of ether oxygens (including phenoxy) is 1. The molecule has 0 bridgehead atoms. The lowest BCUT2D eigenvalue weighted by Gasteiger charge is -2.28. The Morgan fingerprint density at radius 2 is 1.92 bits per heavy atom. The van der Waals surface area contributed by atoms with Crippen molar-refractivity contribution in [2.24, 2.45) is 10.5 Å². The second-order valence-electron chi connectivity index (χ2n) is 7.21. The highest BCUT2D eigenvalue weighted by Crippen LogP contribution is 2.31. The van der Waals surface area contributed by atoms with Crippen molar-refractivity contribution in [3.63, 3.8) is 0 Å². The summed E-state index contributed by atoms with van der Waals surface area (Å²) >= 11 is 0. The van der Waals surface area contributed by atoms with Crippen LogP contribution in [-0.4, -0.2) is 24.0 Å². The third-order valence-corrected chi connectivity index (χ3v) is 4.21. The molecule has 0 unspecified atom stereocenters. The van der Waals surface area contributed by atoms with Crippen LogP contribution in [0.4, 0.5) is 0 Å². The maximum absolute atomic E-state index is 12.0. The van der Waals surface area contributed by atoms with Crippen LogP contribution in [0.25, 0.3) is 10.8 Å². The quantitative estimate of drug-likeness (QED) is 0.868. The highest BCUT2D eigenvalue weighted by atomic mass is 16.5. The van der Waals surface area contributed by atoms with E-state index in [2.05, 4.69) is 10.5 Å². The highest BCUT2D eigenvalue weighted by Gasteiger charge is 2.30. The highest BCUT2D eigenvalue weighted by molar-refractivity contribution is 6.05. The first-order valence-electron chi connectivity index (χ1n) is 8.39. The molecule has 0 heterocycles. The first-order chi connectivity index (χ1) is 11.9. The average Bonchev–Trinajstić information content (AvgIpc) is 2.56. The number of nitrogens with one attached hydrogen (secondary N) is 1. The van der Waals surface area contributed by atoms with E-state index >= 15 is 0 Å². The summed E-state index contributed by atoms with van der Waals surface area (Å²) in [5, 5.41) is 6.14. The summed E-state index contributed by atoms with van der Waals surface area (Å²) in [6.07, 6.45) is 1.58. The Morgan fingerprint density at radius 3 is 2.72 bits per heavy atom. The van der Waals surface area contributed by atoms with Gasteiger partial charge in [0.1, 0.15) is 11.5 Å². The summed E-state index contributed by atoms with van der Waals surface area (Å²) in [5.74, 6) is 0.488. The Labute approximate surface area is 147 Å². The standard InChI is InChI=1S/C20H22N2O3/c1-20(2)11-15(10-16(23)12-20)21-22-19(24)13-25-18-9-5-7-14-6-3-4-8-17(14)18/h3-9H,10-13H2,1-2H3,(H,22,24)/b21-15-. The van der Waals surface area contributed by atoms with Crippen LogP contribution in [0.3, 0.4) is 0 Å². The van der Waals surface area contributed by atoms with Gasteiger partial charge in [-0.3, -0.25) is 9.59 Å². The normalized spacial score (nSPS) is 18.3. The van der Waals surface area contributed by atoms with Crippen LogP contribution in [0, 0.1) is 5.41 Å². The van der Waals surface area contributed by atoms with E-state index in [4.69, 9.17) is 4.74 Å². The second-order valence-corrected chi connectivity index (χ2v) is 7.21. The van der Waals surface area contributed by atoms with Gasteiger partial charge in [-0.1, -0.05) is 50.2 Å². The minimum atomic E-state index is -0.337. The topological polar surface area (TPSA) is 67.8 Å². The fourth-order valence-corrected chi connectivity index (χ4v) is 3.22. The zero-order chi connectivity index (χ0) is 17.9. The number of hydrogen-bond acceptors (Lipinski definition) is 4. The molecule has 1 aliphatic carbocycles. The van der Waals surface area contributed by atoms with E-state index in [0.29, 0.717) is 25.0 Å². The number of benzene rings is 2. The summed E-state index contributed by atoms with van der Waals surface area (Å²) in [6.45, 7) is 3.94. The monoisotopic (exact) mass is 338 g/mol. The Morgan fingerprint density at radius 1 is 1.16 bits per heavy atom. The van der Waals surface area contributed by atoms with Gasteiger partial charge in [0, 0.05) is 23.9 Å². The summed E-state index contributed by atoms with van der Waals surface area (Å²) in [7, 11) is 0. The van der Waals surface area contributed by atoms with Crippen LogP contribution in [-0.2, 0) is 9.59 Å². The van der Waals surface area contributed by atoms with E-state index < -0.39 is 0 Å². The number of rotatable bonds is 4. The minimum Gasteiger partial charge on any atom is -0.483 e. The van der Waals surface area contributed by atoms with E-state index in [1.165, 1.54) is 0 Å². The number of carbonyl (C=O) groups excluding carboxylic acids is 2.